The zero-order chi connectivity index (χ0) is 15.9. The second-order valence-electron chi connectivity index (χ2n) is 4.47. The summed E-state index contributed by atoms with van der Waals surface area (Å²) in [7, 11) is 1.46. The number of ether oxygens (including phenoxy) is 1. The number of hydrogen-bond acceptors (Lipinski definition) is 5. The first-order valence-electron chi connectivity index (χ1n) is 6.54. The fourth-order valence-electron chi connectivity index (χ4n) is 1.82. The number of methoxy groups -OCH3 is 1. The molecule has 0 saturated heterocycles. The Morgan fingerprint density at radius 3 is 2.68 bits per heavy atom. The van der Waals surface area contributed by atoms with Crippen LogP contribution in [0.15, 0.2) is 53.6 Å². The van der Waals surface area contributed by atoms with Gasteiger partial charge in [-0.3, -0.25) is 4.79 Å². The van der Waals surface area contributed by atoms with Crippen LogP contribution in [0.25, 0.3) is 0 Å². The number of carbonyl (C=O) groups is 1. The molecule has 0 aliphatic carbocycles. The van der Waals surface area contributed by atoms with E-state index >= 15 is 0 Å². The Labute approximate surface area is 127 Å². The van der Waals surface area contributed by atoms with Crippen molar-refractivity contribution < 1.29 is 19.7 Å². The molecular weight excluding hydrogens is 284 g/mol. The van der Waals surface area contributed by atoms with E-state index in [4.69, 9.17) is 4.74 Å². The highest BCUT2D eigenvalue weighted by molar-refractivity contribution is 5.87. The van der Waals surface area contributed by atoms with Crippen LogP contribution in [-0.4, -0.2) is 29.4 Å². The van der Waals surface area contributed by atoms with E-state index < -0.39 is 12.0 Å². The Morgan fingerprint density at radius 2 is 2.00 bits per heavy atom. The smallest absolute Gasteiger partial charge is 0.273 e. The van der Waals surface area contributed by atoms with Gasteiger partial charge >= 0.3 is 0 Å². The number of amides is 1. The van der Waals surface area contributed by atoms with Gasteiger partial charge in [-0.1, -0.05) is 30.3 Å². The third-order valence-corrected chi connectivity index (χ3v) is 2.96. The number of aromatic hydroxyl groups is 1. The molecule has 1 amide bonds. The van der Waals surface area contributed by atoms with Crippen LogP contribution in [0.3, 0.4) is 0 Å². The Balaban J connectivity index is 2.02. The molecule has 6 nitrogen and oxygen atoms in total. The molecule has 0 aliphatic heterocycles. The molecule has 6 heteroatoms. The molecule has 2 rings (SSSR count). The van der Waals surface area contributed by atoms with Crippen molar-refractivity contribution in [2.45, 2.75) is 6.10 Å². The highest BCUT2D eigenvalue weighted by Gasteiger charge is 2.16. The van der Waals surface area contributed by atoms with Gasteiger partial charge in [0.2, 0.25) is 0 Å². The fraction of sp³-hybridized carbons (Fsp3) is 0.125. The molecule has 0 fully saturated rings. The maximum absolute atomic E-state index is 11.8. The average Bonchev–Trinajstić information content (AvgIpc) is 2.56. The van der Waals surface area contributed by atoms with E-state index in [2.05, 4.69) is 10.5 Å². The van der Waals surface area contributed by atoms with Crippen molar-refractivity contribution in [3.8, 4) is 11.5 Å². The molecule has 2 aromatic rings. The number of hydrazone groups is 1. The second kappa shape index (κ2) is 7.24. The normalized spacial score (nSPS) is 12.1. The van der Waals surface area contributed by atoms with Crippen LogP contribution in [0.1, 0.15) is 17.2 Å². The molecule has 0 spiro atoms. The molecule has 3 N–H and O–H groups in total. The zero-order valence-corrected chi connectivity index (χ0v) is 11.9. The van der Waals surface area contributed by atoms with E-state index in [0.717, 1.165) is 0 Å². The van der Waals surface area contributed by atoms with Crippen molar-refractivity contribution in [2.24, 2.45) is 5.10 Å². The molecule has 1 unspecified atom stereocenters. The van der Waals surface area contributed by atoms with E-state index in [1.165, 1.54) is 25.5 Å². The van der Waals surface area contributed by atoms with Crippen molar-refractivity contribution in [2.75, 3.05) is 7.11 Å². The number of nitrogens with one attached hydrogen (secondary N) is 1. The summed E-state index contributed by atoms with van der Waals surface area (Å²) in [5, 5.41) is 23.0. The number of carbonyl (C=O) groups excluding carboxylic acids is 1. The Hall–Kier alpha value is -2.86. The summed E-state index contributed by atoms with van der Waals surface area (Å²) in [4.78, 5) is 11.8. The van der Waals surface area contributed by atoms with Crippen molar-refractivity contribution in [1.82, 2.24) is 5.43 Å². The highest BCUT2D eigenvalue weighted by atomic mass is 16.5. The lowest BCUT2D eigenvalue weighted by molar-refractivity contribution is -0.129. The Kier molecular flexibility index (Phi) is 5.11. The number of phenols is 1. The maximum atomic E-state index is 11.8. The molecule has 0 radical (unpaired) electrons. The van der Waals surface area contributed by atoms with Crippen LogP contribution >= 0.6 is 0 Å². The standard InChI is InChI=1S/C16H16N2O4/c1-22-14-9-13(19)8-7-12(14)10-17-18-16(21)15(20)11-5-3-2-4-6-11/h2-10,15,19-20H,1H3,(H,18,21)/b17-10+. The summed E-state index contributed by atoms with van der Waals surface area (Å²) >= 11 is 0. The number of phenolic OH excluding ortho intramolecular Hbond substituents is 1. The summed E-state index contributed by atoms with van der Waals surface area (Å²) in [6, 6.07) is 13.1. The molecule has 0 heterocycles. The monoisotopic (exact) mass is 300 g/mol. The summed E-state index contributed by atoms with van der Waals surface area (Å²) in [6.07, 6.45) is 0.0773. The first-order chi connectivity index (χ1) is 10.6. The van der Waals surface area contributed by atoms with Crippen LogP contribution < -0.4 is 10.2 Å². The van der Waals surface area contributed by atoms with Crippen molar-refractivity contribution in [1.29, 1.82) is 0 Å². The van der Waals surface area contributed by atoms with Gasteiger partial charge in [-0.15, -0.1) is 0 Å². The summed E-state index contributed by atoms with van der Waals surface area (Å²) in [5.74, 6) is -0.153. The number of benzene rings is 2. The number of rotatable bonds is 5. The molecular formula is C16H16N2O4. The number of aliphatic hydroxyl groups is 1. The molecule has 0 bridgehead atoms. The van der Waals surface area contributed by atoms with Crippen LogP contribution in [0.2, 0.25) is 0 Å². The molecule has 0 saturated carbocycles. The highest BCUT2D eigenvalue weighted by Crippen LogP contribution is 2.22. The van der Waals surface area contributed by atoms with Crippen LogP contribution in [0.5, 0.6) is 11.5 Å². The maximum Gasteiger partial charge on any atom is 0.273 e. The van der Waals surface area contributed by atoms with E-state index in [0.29, 0.717) is 16.9 Å². The molecule has 114 valence electrons. The average molecular weight is 300 g/mol. The molecule has 22 heavy (non-hydrogen) atoms. The van der Waals surface area contributed by atoms with Gasteiger partial charge in [-0.2, -0.15) is 5.10 Å². The SMILES string of the molecule is COc1cc(O)ccc1/C=N/NC(=O)C(O)c1ccccc1. The summed E-state index contributed by atoms with van der Waals surface area (Å²) in [5.41, 5.74) is 3.32. The molecule has 1 atom stereocenters. The third kappa shape index (κ3) is 3.83. The lowest BCUT2D eigenvalue weighted by Gasteiger charge is -2.09. The van der Waals surface area contributed by atoms with Gasteiger partial charge in [-0.05, 0) is 17.7 Å². The van der Waals surface area contributed by atoms with Gasteiger partial charge in [0.1, 0.15) is 11.5 Å². The number of nitrogens with zero attached hydrogens (tertiary/aromatic N) is 1. The lowest BCUT2D eigenvalue weighted by Crippen LogP contribution is -2.25. The molecule has 2 aromatic carbocycles. The summed E-state index contributed by atoms with van der Waals surface area (Å²) in [6.45, 7) is 0. The first-order valence-corrected chi connectivity index (χ1v) is 6.54. The van der Waals surface area contributed by atoms with Crippen LogP contribution in [-0.2, 0) is 4.79 Å². The van der Waals surface area contributed by atoms with Crippen LogP contribution in [0, 0.1) is 0 Å². The second-order valence-corrected chi connectivity index (χ2v) is 4.47. The Morgan fingerprint density at radius 1 is 1.27 bits per heavy atom. The molecule has 0 aromatic heterocycles. The molecule has 0 aliphatic rings. The van der Waals surface area contributed by atoms with Crippen molar-refractivity contribution in [3.63, 3.8) is 0 Å². The van der Waals surface area contributed by atoms with Crippen molar-refractivity contribution >= 4 is 12.1 Å². The first kappa shape index (κ1) is 15.5. The van der Waals surface area contributed by atoms with E-state index in [9.17, 15) is 15.0 Å². The fourth-order valence-corrected chi connectivity index (χ4v) is 1.82. The van der Waals surface area contributed by atoms with E-state index in [1.807, 2.05) is 0 Å². The minimum absolute atomic E-state index is 0.0672. The third-order valence-electron chi connectivity index (χ3n) is 2.96. The minimum atomic E-state index is -1.29. The Bertz CT molecular complexity index is 671. The largest absolute Gasteiger partial charge is 0.508 e. The van der Waals surface area contributed by atoms with Gasteiger partial charge in [-0.25, -0.2) is 5.43 Å². The number of hydrogen-bond donors (Lipinski definition) is 3. The predicted molar refractivity (Wildman–Crippen MR) is 81.8 cm³/mol. The van der Waals surface area contributed by atoms with E-state index in [-0.39, 0.29) is 5.75 Å². The van der Waals surface area contributed by atoms with Gasteiger partial charge in [0.15, 0.2) is 6.10 Å². The van der Waals surface area contributed by atoms with E-state index in [1.54, 1.807) is 36.4 Å². The number of aliphatic hydroxyl groups excluding tert-OH is 1. The zero-order valence-electron chi connectivity index (χ0n) is 11.9. The minimum Gasteiger partial charge on any atom is -0.508 e. The van der Waals surface area contributed by atoms with Gasteiger partial charge in [0.25, 0.3) is 5.91 Å². The quantitative estimate of drug-likeness (QED) is 0.577. The topological polar surface area (TPSA) is 91.2 Å². The van der Waals surface area contributed by atoms with Crippen molar-refractivity contribution in [3.05, 3.63) is 59.7 Å². The predicted octanol–water partition coefficient (Wildman–Crippen LogP) is 1.58. The van der Waals surface area contributed by atoms with Gasteiger partial charge < -0.3 is 14.9 Å². The lowest BCUT2D eigenvalue weighted by atomic mass is 10.1. The van der Waals surface area contributed by atoms with Gasteiger partial charge in [0, 0.05) is 11.6 Å². The van der Waals surface area contributed by atoms with Crippen LogP contribution in [0.4, 0.5) is 0 Å². The summed E-state index contributed by atoms with van der Waals surface area (Å²) < 4.78 is 5.09. The van der Waals surface area contributed by atoms with Gasteiger partial charge in [0.05, 0.1) is 13.3 Å².